The van der Waals surface area contributed by atoms with Crippen molar-refractivity contribution in [3.63, 3.8) is 0 Å². The van der Waals surface area contributed by atoms with Gasteiger partial charge in [0.1, 0.15) is 30.5 Å². The molecule has 1 aliphatic rings. The summed E-state index contributed by atoms with van der Waals surface area (Å²) in [5.74, 6) is -0.313. The first kappa shape index (κ1) is 59.7. The van der Waals surface area contributed by atoms with Gasteiger partial charge in [0.25, 0.3) is 0 Å². The predicted molar refractivity (Wildman–Crippen MR) is 261 cm³/mol. The highest BCUT2D eigenvalue weighted by Crippen LogP contribution is 2.23. The van der Waals surface area contributed by atoms with E-state index in [1.807, 2.05) is 0 Å². The second kappa shape index (κ2) is 45.8. The molecule has 1 fully saturated rings. The van der Waals surface area contributed by atoms with E-state index in [-0.39, 0.29) is 19.2 Å². The van der Waals surface area contributed by atoms with Crippen LogP contribution in [0.4, 0.5) is 0 Å². The van der Waals surface area contributed by atoms with Crippen molar-refractivity contribution in [2.24, 2.45) is 0 Å². The highest BCUT2D eigenvalue weighted by molar-refractivity contribution is 5.69. The molecule has 0 aromatic rings. The van der Waals surface area contributed by atoms with Crippen LogP contribution in [0.5, 0.6) is 0 Å². The van der Waals surface area contributed by atoms with E-state index in [1.165, 1.54) is 193 Å². The van der Waals surface area contributed by atoms with Gasteiger partial charge in [-0.1, -0.05) is 224 Å². The number of allylic oxidation sites excluding steroid dienone is 4. The Hall–Kier alpha value is -1.33. The van der Waals surface area contributed by atoms with Gasteiger partial charge >= 0.3 is 5.97 Å². The maximum Gasteiger partial charge on any atom is 0.306 e. The van der Waals surface area contributed by atoms with Crippen molar-refractivity contribution in [2.45, 2.75) is 288 Å². The number of rotatable bonds is 47. The van der Waals surface area contributed by atoms with E-state index in [0.29, 0.717) is 13.0 Å². The summed E-state index contributed by atoms with van der Waals surface area (Å²) in [5, 5.41) is 40.3. The number of carbonyl (C=O) groups excluding carboxylic acids is 1. The molecular formula is C54H102O9. The molecule has 4 N–H and O–H groups in total. The molecular weight excluding hydrogens is 793 g/mol. The van der Waals surface area contributed by atoms with E-state index >= 15 is 0 Å². The zero-order chi connectivity index (χ0) is 45.7. The Morgan fingerprint density at radius 2 is 0.921 bits per heavy atom. The number of esters is 1. The monoisotopic (exact) mass is 895 g/mol. The molecule has 1 aliphatic heterocycles. The lowest BCUT2D eigenvalue weighted by Crippen LogP contribution is -2.59. The summed E-state index contributed by atoms with van der Waals surface area (Å²) < 4.78 is 22.9. The topological polar surface area (TPSA) is 135 Å². The summed E-state index contributed by atoms with van der Waals surface area (Å²) in [7, 11) is 0. The molecule has 0 radical (unpaired) electrons. The van der Waals surface area contributed by atoms with E-state index in [1.54, 1.807) is 0 Å². The summed E-state index contributed by atoms with van der Waals surface area (Å²) in [6.07, 6.45) is 47.8. The molecule has 9 heteroatoms. The normalized spacial score (nSPS) is 19.7. The quantitative estimate of drug-likeness (QED) is 0.0267. The van der Waals surface area contributed by atoms with E-state index in [4.69, 9.17) is 18.9 Å². The Kier molecular flexibility index (Phi) is 43.4. The summed E-state index contributed by atoms with van der Waals surface area (Å²) in [6.45, 7) is 4.58. The van der Waals surface area contributed by atoms with Gasteiger partial charge in [0, 0.05) is 13.0 Å². The first-order valence-electron chi connectivity index (χ1n) is 26.9. The predicted octanol–water partition coefficient (Wildman–Crippen LogP) is 13.3. The lowest BCUT2D eigenvalue weighted by Gasteiger charge is -2.39. The lowest BCUT2D eigenvalue weighted by molar-refractivity contribution is -0.305. The maximum absolute atomic E-state index is 12.8. The van der Waals surface area contributed by atoms with Gasteiger partial charge in [-0.25, -0.2) is 0 Å². The van der Waals surface area contributed by atoms with Crippen molar-refractivity contribution >= 4 is 5.97 Å². The second-order valence-electron chi connectivity index (χ2n) is 18.7. The van der Waals surface area contributed by atoms with Crippen LogP contribution in [0.3, 0.4) is 0 Å². The molecule has 6 unspecified atom stereocenters. The Labute approximate surface area is 387 Å². The summed E-state index contributed by atoms with van der Waals surface area (Å²) in [4.78, 5) is 12.8. The van der Waals surface area contributed by atoms with Gasteiger partial charge in [-0.2, -0.15) is 0 Å². The van der Waals surface area contributed by atoms with Crippen molar-refractivity contribution in [3.8, 4) is 0 Å². The largest absolute Gasteiger partial charge is 0.457 e. The van der Waals surface area contributed by atoms with Gasteiger partial charge in [-0.05, 0) is 44.9 Å². The third-order valence-corrected chi connectivity index (χ3v) is 12.6. The first-order chi connectivity index (χ1) is 30.9. The Balaban J connectivity index is 2.17. The minimum Gasteiger partial charge on any atom is -0.457 e. The zero-order valence-corrected chi connectivity index (χ0v) is 41.1. The highest BCUT2D eigenvalue weighted by Gasteiger charge is 2.44. The van der Waals surface area contributed by atoms with Crippen molar-refractivity contribution in [1.29, 1.82) is 0 Å². The Morgan fingerprint density at radius 1 is 0.508 bits per heavy atom. The van der Waals surface area contributed by atoms with Crippen LogP contribution >= 0.6 is 0 Å². The van der Waals surface area contributed by atoms with Crippen molar-refractivity contribution in [1.82, 2.24) is 0 Å². The van der Waals surface area contributed by atoms with Crippen LogP contribution in [-0.4, -0.2) is 89.6 Å². The van der Waals surface area contributed by atoms with E-state index < -0.39 is 43.4 Å². The minimum atomic E-state index is -1.54. The first-order valence-corrected chi connectivity index (χ1v) is 26.9. The van der Waals surface area contributed by atoms with Crippen LogP contribution in [0.25, 0.3) is 0 Å². The molecule has 6 atom stereocenters. The fraction of sp³-hybridized carbons (Fsp3) is 0.907. The van der Waals surface area contributed by atoms with Gasteiger partial charge in [0.2, 0.25) is 0 Å². The van der Waals surface area contributed by atoms with E-state index in [2.05, 4.69) is 38.2 Å². The molecule has 1 saturated heterocycles. The molecule has 0 spiro atoms. The molecule has 9 nitrogen and oxygen atoms in total. The molecule has 0 saturated carbocycles. The summed E-state index contributed by atoms with van der Waals surface area (Å²) in [5.41, 5.74) is 0. The van der Waals surface area contributed by atoms with Crippen LogP contribution in [0.1, 0.15) is 251 Å². The van der Waals surface area contributed by atoms with Crippen LogP contribution in [-0.2, 0) is 23.7 Å². The summed E-state index contributed by atoms with van der Waals surface area (Å²) in [6, 6.07) is 0. The fourth-order valence-electron chi connectivity index (χ4n) is 8.41. The summed E-state index contributed by atoms with van der Waals surface area (Å²) >= 11 is 0. The number of hydrogen-bond donors (Lipinski definition) is 4. The SMILES string of the molecule is CCCCC/C=C\C/C=C\CCCCCCCCCCCC(=O)OC(COCCCCCCCCCCCCCCCCCCCCCCC)COC1OC(CO)C(O)C(O)C1O. The Morgan fingerprint density at radius 3 is 1.40 bits per heavy atom. The van der Waals surface area contributed by atoms with Crippen LogP contribution in [0.15, 0.2) is 24.3 Å². The molecule has 1 heterocycles. The van der Waals surface area contributed by atoms with Crippen molar-refractivity contribution in [3.05, 3.63) is 24.3 Å². The molecule has 0 aromatic carbocycles. The third kappa shape index (κ3) is 36.5. The number of aliphatic hydroxyl groups excluding tert-OH is 4. The Bertz CT molecular complexity index is 1020. The molecule has 0 amide bonds. The van der Waals surface area contributed by atoms with Gasteiger partial charge < -0.3 is 39.4 Å². The standard InChI is InChI=1S/C54H102O9/c1-3-5-7-9-11-13-15-17-19-21-23-24-26-28-30-32-34-36-38-40-42-44-60-46-48(47-61-54-53(59)52(58)51(57)49(45-55)63-54)62-50(56)43-41-39-37-35-33-31-29-27-25-22-20-18-16-14-12-10-8-6-4-2/h12,14,18,20,48-49,51-55,57-59H,3-11,13,15-17,19,21-47H2,1-2H3/b14-12-,20-18-. The lowest BCUT2D eigenvalue weighted by atomic mass is 9.99. The van der Waals surface area contributed by atoms with Crippen molar-refractivity contribution < 1.29 is 44.2 Å². The molecule has 0 bridgehead atoms. The maximum atomic E-state index is 12.8. The van der Waals surface area contributed by atoms with Gasteiger partial charge in [-0.15, -0.1) is 0 Å². The van der Waals surface area contributed by atoms with Crippen LogP contribution in [0, 0.1) is 0 Å². The molecule has 372 valence electrons. The van der Waals surface area contributed by atoms with Gasteiger partial charge in [-0.3, -0.25) is 4.79 Å². The average molecular weight is 895 g/mol. The number of carbonyl (C=O) groups is 1. The second-order valence-corrected chi connectivity index (χ2v) is 18.7. The highest BCUT2D eigenvalue weighted by atomic mass is 16.7. The molecule has 0 aromatic heterocycles. The smallest absolute Gasteiger partial charge is 0.306 e. The number of unbranched alkanes of at least 4 members (excludes halogenated alkanes) is 32. The zero-order valence-electron chi connectivity index (χ0n) is 41.1. The molecule has 1 rings (SSSR count). The van der Waals surface area contributed by atoms with Crippen LogP contribution < -0.4 is 0 Å². The van der Waals surface area contributed by atoms with Crippen LogP contribution in [0.2, 0.25) is 0 Å². The number of ether oxygens (including phenoxy) is 4. The number of hydrogen-bond acceptors (Lipinski definition) is 9. The molecule has 63 heavy (non-hydrogen) atoms. The third-order valence-electron chi connectivity index (χ3n) is 12.6. The van der Waals surface area contributed by atoms with E-state index in [9.17, 15) is 25.2 Å². The minimum absolute atomic E-state index is 0.111. The van der Waals surface area contributed by atoms with Gasteiger partial charge in [0.05, 0.1) is 19.8 Å². The van der Waals surface area contributed by atoms with E-state index in [0.717, 1.165) is 38.5 Å². The van der Waals surface area contributed by atoms with Gasteiger partial charge in [0.15, 0.2) is 6.29 Å². The average Bonchev–Trinajstić information content (AvgIpc) is 3.28. The fourth-order valence-corrected chi connectivity index (χ4v) is 8.41. The molecule has 0 aliphatic carbocycles. The van der Waals surface area contributed by atoms with Crippen molar-refractivity contribution in [2.75, 3.05) is 26.4 Å². The number of aliphatic hydroxyl groups is 4.